The minimum absolute atomic E-state index is 0.0388. The average Bonchev–Trinajstić information content (AvgIpc) is 3.10. The first-order valence-electron chi connectivity index (χ1n) is 19.3. The molecular formula is C42H64O13Si. The van der Waals surface area contributed by atoms with Crippen LogP contribution in [0.3, 0.4) is 0 Å². The van der Waals surface area contributed by atoms with Gasteiger partial charge in [-0.15, -0.1) is 0 Å². The van der Waals surface area contributed by atoms with Crippen molar-refractivity contribution in [2.45, 2.75) is 155 Å². The normalized spacial score (nSPS) is 29.1. The zero-order chi connectivity index (χ0) is 41.6. The summed E-state index contributed by atoms with van der Waals surface area (Å²) in [5.74, 6) is -1.33. The lowest BCUT2D eigenvalue weighted by molar-refractivity contribution is -0.357. The molecule has 0 unspecified atom stereocenters. The van der Waals surface area contributed by atoms with Crippen LogP contribution in [-0.2, 0) is 60.4 Å². The summed E-state index contributed by atoms with van der Waals surface area (Å²) in [6, 6.07) is 19.0. The summed E-state index contributed by atoms with van der Waals surface area (Å²) in [4.78, 5) is 26.5. The first kappa shape index (κ1) is 45.9. The molecule has 0 saturated carbocycles. The molecule has 0 amide bonds. The summed E-state index contributed by atoms with van der Waals surface area (Å²) in [6.45, 7) is 20.5. The summed E-state index contributed by atoms with van der Waals surface area (Å²) in [5.41, 5.74) is -0.156. The van der Waals surface area contributed by atoms with Gasteiger partial charge in [0.15, 0.2) is 33.1 Å². The van der Waals surface area contributed by atoms with Gasteiger partial charge in [-0.25, -0.2) is 0 Å². The zero-order valence-electron chi connectivity index (χ0n) is 34.8. The van der Waals surface area contributed by atoms with E-state index in [4.69, 9.17) is 37.6 Å². The third-order valence-corrected chi connectivity index (χ3v) is 14.8. The van der Waals surface area contributed by atoms with E-state index in [1.54, 1.807) is 41.5 Å². The van der Waals surface area contributed by atoms with Crippen LogP contribution < -0.4 is 0 Å². The molecular weight excluding hydrogens is 741 g/mol. The molecule has 56 heavy (non-hydrogen) atoms. The van der Waals surface area contributed by atoms with Gasteiger partial charge in [-0.1, -0.05) is 81.4 Å². The molecule has 314 valence electrons. The third-order valence-electron chi connectivity index (χ3n) is 10.3. The van der Waals surface area contributed by atoms with E-state index in [1.807, 2.05) is 73.8 Å². The fourth-order valence-electron chi connectivity index (χ4n) is 5.76. The first-order chi connectivity index (χ1) is 26.0. The Balaban J connectivity index is 1.71. The number of rotatable bonds is 14. The molecule has 2 aliphatic rings. The second-order valence-electron chi connectivity index (χ2n) is 18.3. The van der Waals surface area contributed by atoms with Crippen LogP contribution in [0.15, 0.2) is 60.7 Å². The lowest BCUT2D eigenvalue weighted by Gasteiger charge is -2.50. The quantitative estimate of drug-likeness (QED) is 0.167. The van der Waals surface area contributed by atoms with E-state index >= 15 is 0 Å². The van der Waals surface area contributed by atoms with Crippen molar-refractivity contribution in [3.05, 3.63) is 71.8 Å². The Labute approximate surface area is 333 Å². The highest BCUT2D eigenvalue weighted by molar-refractivity contribution is 6.74. The number of aliphatic hydroxyl groups is 3. The van der Waals surface area contributed by atoms with Gasteiger partial charge in [0, 0.05) is 0 Å². The molecule has 14 heteroatoms. The number of ether oxygens (including phenoxy) is 7. The molecule has 0 aliphatic carbocycles. The van der Waals surface area contributed by atoms with Gasteiger partial charge in [0.2, 0.25) is 0 Å². The molecule has 13 nitrogen and oxygen atoms in total. The highest BCUT2D eigenvalue weighted by Gasteiger charge is 2.56. The molecule has 3 N–H and O–H groups in total. The van der Waals surface area contributed by atoms with Gasteiger partial charge in [-0.3, -0.25) is 9.59 Å². The topological polar surface area (TPSA) is 169 Å². The molecule has 2 aromatic rings. The minimum atomic E-state index is -2.59. The summed E-state index contributed by atoms with van der Waals surface area (Å²) in [5, 5.41) is 34.9. The third kappa shape index (κ3) is 12.1. The van der Waals surface area contributed by atoms with Crippen LogP contribution >= 0.6 is 0 Å². The lowest BCUT2D eigenvalue weighted by atomic mass is 9.94. The van der Waals surface area contributed by atoms with Gasteiger partial charge >= 0.3 is 11.9 Å². The Morgan fingerprint density at radius 2 is 1.05 bits per heavy atom. The number of hydrogen-bond donors (Lipinski definition) is 3. The Morgan fingerprint density at radius 3 is 1.50 bits per heavy atom. The highest BCUT2D eigenvalue weighted by Crippen LogP contribution is 2.41. The van der Waals surface area contributed by atoms with Crippen molar-refractivity contribution in [2.24, 2.45) is 10.8 Å². The van der Waals surface area contributed by atoms with Crippen molar-refractivity contribution in [1.82, 2.24) is 0 Å². The van der Waals surface area contributed by atoms with E-state index in [0.29, 0.717) is 0 Å². The Bertz CT molecular complexity index is 1540. The molecule has 2 saturated heterocycles. The van der Waals surface area contributed by atoms with Crippen LogP contribution in [0.2, 0.25) is 18.1 Å². The van der Waals surface area contributed by atoms with Crippen LogP contribution in [0.5, 0.6) is 0 Å². The fraction of sp³-hybridized carbons (Fsp3) is 0.667. The van der Waals surface area contributed by atoms with Crippen LogP contribution in [0, 0.1) is 10.8 Å². The van der Waals surface area contributed by atoms with Gasteiger partial charge < -0.3 is 52.9 Å². The minimum Gasteiger partial charge on any atom is -0.454 e. The largest absolute Gasteiger partial charge is 0.454 e. The van der Waals surface area contributed by atoms with Gasteiger partial charge in [0.05, 0.1) is 37.3 Å². The van der Waals surface area contributed by atoms with Crippen molar-refractivity contribution in [3.63, 3.8) is 0 Å². The molecule has 2 aliphatic heterocycles. The molecule has 0 radical (unpaired) electrons. The molecule has 10 atom stereocenters. The maximum atomic E-state index is 13.5. The molecule has 4 rings (SSSR count). The molecule has 2 heterocycles. The van der Waals surface area contributed by atoms with Crippen molar-refractivity contribution in [3.8, 4) is 0 Å². The first-order valence-corrected chi connectivity index (χ1v) is 22.2. The lowest BCUT2D eigenvalue weighted by Crippen LogP contribution is -2.67. The van der Waals surface area contributed by atoms with Crippen molar-refractivity contribution in [1.29, 1.82) is 0 Å². The van der Waals surface area contributed by atoms with Crippen molar-refractivity contribution < 1.29 is 62.5 Å². The number of esters is 2. The van der Waals surface area contributed by atoms with Crippen LogP contribution in [-0.4, -0.2) is 110 Å². The summed E-state index contributed by atoms with van der Waals surface area (Å²) in [6.07, 6.45) is -13.9. The number of benzene rings is 2. The number of carbonyl (C=O) groups is 2. The predicted octanol–water partition coefficient (Wildman–Crippen LogP) is 5.28. The van der Waals surface area contributed by atoms with Gasteiger partial charge in [0.25, 0.3) is 0 Å². The molecule has 0 spiro atoms. The van der Waals surface area contributed by atoms with Crippen molar-refractivity contribution in [2.75, 3.05) is 13.2 Å². The fourth-order valence-corrected chi connectivity index (χ4v) is 7.08. The van der Waals surface area contributed by atoms with Crippen LogP contribution in [0.1, 0.15) is 73.4 Å². The average molecular weight is 805 g/mol. The van der Waals surface area contributed by atoms with E-state index in [0.717, 1.165) is 11.1 Å². The number of hydrogen-bond acceptors (Lipinski definition) is 13. The van der Waals surface area contributed by atoms with E-state index < -0.39 is 92.5 Å². The molecule has 0 aromatic heterocycles. The van der Waals surface area contributed by atoms with Crippen molar-refractivity contribution >= 4 is 20.3 Å². The summed E-state index contributed by atoms with van der Waals surface area (Å²) >= 11 is 0. The van der Waals surface area contributed by atoms with Crippen LogP contribution in [0.4, 0.5) is 0 Å². The molecule has 2 aromatic carbocycles. The highest BCUT2D eigenvalue weighted by atomic mass is 28.4. The van der Waals surface area contributed by atoms with E-state index in [-0.39, 0.29) is 31.5 Å². The summed E-state index contributed by atoms with van der Waals surface area (Å²) < 4.78 is 49.6. The van der Waals surface area contributed by atoms with E-state index in [9.17, 15) is 24.9 Å². The van der Waals surface area contributed by atoms with Gasteiger partial charge in [-0.05, 0) is 70.8 Å². The Kier molecular flexibility index (Phi) is 15.5. The van der Waals surface area contributed by atoms with Gasteiger partial charge in [0.1, 0.15) is 36.6 Å². The second kappa shape index (κ2) is 18.9. The van der Waals surface area contributed by atoms with Crippen LogP contribution in [0.25, 0.3) is 0 Å². The van der Waals surface area contributed by atoms with Gasteiger partial charge in [-0.2, -0.15) is 0 Å². The molecule has 2 fully saturated rings. The summed E-state index contributed by atoms with van der Waals surface area (Å²) in [7, 11) is -2.59. The SMILES string of the molecule is CC(C)(C)C(=O)O[C@@H]1[C@@H](O[C@H]2[C@H](O)[C@H](OC(=O)C(C)(C)C)[C@@H](O)O[C@@H]2COCc2ccccc2)O[C@H](COCc2ccccc2)[C@@H](O[Si](C)(C)C(C)(C)C)[C@@H]1O. The number of carbonyl (C=O) groups excluding carboxylic acids is 2. The second-order valence-corrected chi connectivity index (χ2v) is 23.0. The predicted molar refractivity (Wildman–Crippen MR) is 209 cm³/mol. The maximum absolute atomic E-state index is 13.5. The maximum Gasteiger partial charge on any atom is 0.311 e. The standard InChI is InChI=1S/C42H64O13Si/c1-40(2,3)38(46)53-34-30(43)32(28(50-36(34)45)24-48-22-26-18-14-12-15-19-26)52-37-35(54-39(47)41(4,5)6)31(44)33(55-56(10,11)42(7,8)9)29(51-37)25-49-23-27-20-16-13-17-21-27/h12-21,28-37,43-45H,22-25H2,1-11H3/t28-,29-,30+,31+,32-,33-,34+,35+,36+,37-/m1/s1. The Hall–Kier alpha value is -2.76. The number of aliphatic hydroxyl groups excluding tert-OH is 3. The smallest absolute Gasteiger partial charge is 0.311 e. The Morgan fingerprint density at radius 1 is 0.625 bits per heavy atom. The van der Waals surface area contributed by atoms with E-state index in [1.165, 1.54) is 0 Å². The van der Waals surface area contributed by atoms with E-state index in [2.05, 4.69) is 20.8 Å². The zero-order valence-corrected chi connectivity index (χ0v) is 35.8. The molecule has 0 bridgehead atoms. The monoisotopic (exact) mass is 804 g/mol.